The quantitative estimate of drug-likeness (QED) is 0.757. The third-order valence-corrected chi connectivity index (χ3v) is 3.26. The van der Waals surface area contributed by atoms with Crippen LogP contribution >= 0.6 is 0 Å². The van der Waals surface area contributed by atoms with Crippen LogP contribution in [0.5, 0.6) is 0 Å². The number of aliphatic hydroxyl groups excluding tert-OH is 1. The molecule has 1 aromatic heterocycles. The molecule has 0 aliphatic rings. The molecule has 1 heterocycles. The summed E-state index contributed by atoms with van der Waals surface area (Å²) in [6.07, 6.45) is 2.71. The van der Waals surface area contributed by atoms with Crippen molar-refractivity contribution >= 4 is 5.82 Å². The number of hydrogen-bond acceptors (Lipinski definition) is 4. The van der Waals surface area contributed by atoms with Crippen molar-refractivity contribution < 1.29 is 5.11 Å². The van der Waals surface area contributed by atoms with Crippen molar-refractivity contribution in [1.29, 1.82) is 0 Å². The number of hydrogen-bond donors (Lipinski definition) is 2. The highest BCUT2D eigenvalue weighted by molar-refractivity contribution is 5.40. The lowest BCUT2D eigenvalue weighted by molar-refractivity contribution is 0.288. The second-order valence-corrected chi connectivity index (χ2v) is 5.09. The molecular formula is C15H27N3O. The van der Waals surface area contributed by atoms with Crippen molar-refractivity contribution in [2.24, 2.45) is 0 Å². The van der Waals surface area contributed by atoms with E-state index in [-0.39, 0.29) is 6.61 Å². The molecule has 4 heteroatoms. The van der Waals surface area contributed by atoms with Crippen LogP contribution in [0.4, 0.5) is 5.82 Å². The van der Waals surface area contributed by atoms with E-state index in [0.717, 1.165) is 25.3 Å². The Bertz CT molecular complexity index is 351. The molecule has 0 aliphatic heterocycles. The fourth-order valence-corrected chi connectivity index (χ4v) is 2.13. The first-order valence-electron chi connectivity index (χ1n) is 7.17. The van der Waals surface area contributed by atoms with Gasteiger partial charge in [0, 0.05) is 31.4 Å². The zero-order chi connectivity index (χ0) is 14.3. The first kappa shape index (κ1) is 15.9. The van der Waals surface area contributed by atoms with Gasteiger partial charge in [0.15, 0.2) is 0 Å². The molecule has 1 rings (SSSR count). The Labute approximate surface area is 116 Å². The van der Waals surface area contributed by atoms with Gasteiger partial charge in [-0.15, -0.1) is 0 Å². The average molecular weight is 265 g/mol. The summed E-state index contributed by atoms with van der Waals surface area (Å²) < 4.78 is 0. The smallest absolute Gasteiger partial charge is 0.128 e. The molecule has 0 spiro atoms. The van der Waals surface area contributed by atoms with Crippen molar-refractivity contribution in [1.82, 2.24) is 10.3 Å². The molecule has 0 bridgehead atoms. The van der Waals surface area contributed by atoms with Crippen molar-refractivity contribution in [3.8, 4) is 0 Å². The first-order chi connectivity index (χ1) is 9.10. The van der Waals surface area contributed by atoms with E-state index in [0.29, 0.717) is 12.1 Å². The molecule has 1 aromatic rings. The van der Waals surface area contributed by atoms with Crippen LogP contribution in [0.2, 0.25) is 0 Å². The Hall–Kier alpha value is -1.13. The van der Waals surface area contributed by atoms with Crippen molar-refractivity contribution in [3.63, 3.8) is 0 Å². The number of nitrogens with zero attached hydrogens (tertiary/aromatic N) is 2. The lowest BCUT2D eigenvalue weighted by Gasteiger charge is -2.28. The largest absolute Gasteiger partial charge is 0.396 e. The Morgan fingerprint density at radius 2 is 2.05 bits per heavy atom. The van der Waals surface area contributed by atoms with E-state index in [9.17, 15) is 0 Å². The van der Waals surface area contributed by atoms with Crippen LogP contribution in [0.25, 0.3) is 0 Å². The van der Waals surface area contributed by atoms with Crippen molar-refractivity contribution in [3.05, 3.63) is 23.9 Å². The molecule has 0 saturated carbocycles. The Morgan fingerprint density at radius 3 is 2.53 bits per heavy atom. The van der Waals surface area contributed by atoms with Crippen LogP contribution in [0.3, 0.4) is 0 Å². The van der Waals surface area contributed by atoms with Gasteiger partial charge in [0.2, 0.25) is 0 Å². The van der Waals surface area contributed by atoms with Crippen LogP contribution < -0.4 is 10.2 Å². The molecule has 0 saturated heterocycles. The third kappa shape index (κ3) is 4.80. The third-order valence-electron chi connectivity index (χ3n) is 3.26. The fraction of sp³-hybridized carbons (Fsp3) is 0.667. The van der Waals surface area contributed by atoms with E-state index in [1.54, 1.807) is 0 Å². The topological polar surface area (TPSA) is 48.4 Å². The minimum Gasteiger partial charge on any atom is -0.396 e. The molecule has 108 valence electrons. The summed E-state index contributed by atoms with van der Waals surface area (Å²) >= 11 is 0. The van der Waals surface area contributed by atoms with E-state index in [1.165, 1.54) is 5.56 Å². The van der Waals surface area contributed by atoms with Gasteiger partial charge in [0.25, 0.3) is 0 Å². The van der Waals surface area contributed by atoms with E-state index in [4.69, 9.17) is 5.11 Å². The van der Waals surface area contributed by atoms with Crippen LogP contribution in [0.1, 0.15) is 45.7 Å². The summed E-state index contributed by atoms with van der Waals surface area (Å²) in [5, 5.41) is 12.3. The van der Waals surface area contributed by atoms with Crippen LogP contribution in [-0.4, -0.2) is 35.8 Å². The van der Waals surface area contributed by atoms with E-state index < -0.39 is 0 Å². The van der Waals surface area contributed by atoms with Gasteiger partial charge in [-0.2, -0.15) is 0 Å². The van der Waals surface area contributed by atoms with Crippen molar-refractivity contribution in [2.45, 2.75) is 46.2 Å². The summed E-state index contributed by atoms with van der Waals surface area (Å²) in [5.74, 6) is 0.982. The minimum absolute atomic E-state index is 0.221. The highest BCUT2D eigenvalue weighted by Crippen LogP contribution is 2.18. The SMILES string of the molecule is CCNC(C)c1ccc(N(CCCO)C(C)C)nc1. The highest BCUT2D eigenvalue weighted by atomic mass is 16.3. The normalized spacial score (nSPS) is 12.7. The maximum Gasteiger partial charge on any atom is 0.128 e. The number of anilines is 1. The summed E-state index contributed by atoms with van der Waals surface area (Å²) in [7, 11) is 0. The molecule has 0 aliphatic carbocycles. The zero-order valence-electron chi connectivity index (χ0n) is 12.6. The second kappa shape index (κ2) is 8.12. The monoisotopic (exact) mass is 265 g/mol. The summed E-state index contributed by atoms with van der Waals surface area (Å²) in [6.45, 7) is 10.6. The fourth-order valence-electron chi connectivity index (χ4n) is 2.13. The Kier molecular flexibility index (Phi) is 6.81. The van der Waals surface area contributed by atoms with Crippen molar-refractivity contribution in [2.75, 3.05) is 24.6 Å². The summed E-state index contributed by atoms with van der Waals surface area (Å²) in [5.41, 5.74) is 1.21. The van der Waals surface area contributed by atoms with Crippen LogP contribution in [0.15, 0.2) is 18.3 Å². The van der Waals surface area contributed by atoms with E-state index in [2.05, 4.69) is 55.0 Å². The molecular weight excluding hydrogens is 238 g/mol. The number of aromatic nitrogens is 1. The number of nitrogens with one attached hydrogen (secondary N) is 1. The molecule has 2 N–H and O–H groups in total. The van der Waals surface area contributed by atoms with Crippen LogP contribution in [-0.2, 0) is 0 Å². The van der Waals surface area contributed by atoms with E-state index >= 15 is 0 Å². The minimum atomic E-state index is 0.221. The predicted octanol–water partition coefficient (Wildman–Crippen LogP) is 2.35. The van der Waals surface area contributed by atoms with E-state index in [1.807, 2.05) is 6.20 Å². The molecule has 0 fully saturated rings. The highest BCUT2D eigenvalue weighted by Gasteiger charge is 2.12. The second-order valence-electron chi connectivity index (χ2n) is 5.09. The standard InChI is InChI=1S/C15H27N3O/c1-5-16-13(4)14-7-8-15(17-11-14)18(12(2)3)9-6-10-19/h7-8,11-13,16,19H,5-6,9-10H2,1-4H3. The zero-order valence-corrected chi connectivity index (χ0v) is 12.6. The molecule has 19 heavy (non-hydrogen) atoms. The van der Waals surface area contributed by atoms with Gasteiger partial charge in [-0.05, 0) is 45.4 Å². The number of aliphatic hydroxyl groups is 1. The maximum atomic E-state index is 8.96. The molecule has 0 amide bonds. The molecule has 1 unspecified atom stereocenters. The average Bonchev–Trinajstić information content (AvgIpc) is 2.40. The summed E-state index contributed by atoms with van der Waals surface area (Å²) in [4.78, 5) is 6.78. The van der Waals surface area contributed by atoms with Gasteiger partial charge < -0.3 is 15.3 Å². The molecule has 0 radical (unpaired) electrons. The molecule has 1 atom stereocenters. The molecule has 0 aromatic carbocycles. The van der Waals surface area contributed by atoms with Gasteiger partial charge in [0.1, 0.15) is 5.82 Å². The van der Waals surface area contributed by atoms with Crippen LogP contribution in [0, 0.1) is 0 Å². The first-order valence-corrected chi connectivity index (χ1v) is 7.17. The van der Waals surface area contributed by atoms with Gasteiger partial charge in [-0.3, -0.25) is 0 Å². The summed E-state index contributed by atoms with van der Waals surface area (Å²) in [6, 6.07) is 4.91. The number of pyridine rings is 1. The van der Waals surface area contributed by atoms with Gasteiger partial charge in [-0.25, -0.2) is 4.98 Å². The maximum absolute atomic E-state index is 8.96. The Balaban J connectivity index is 2.77. The number of rotatable bonds is 8. The van der Waals surface area contributed by atoms with Gasteiger partial charge >= 0.3 is 0 Å². The van der Waals surface area contributed by atoms with Gasteiger partial charge in [0.05, 0.1) is 0 Å². The lowest BCUT2D eigenvalue weighted by Crippen LogP contribution is -2.33. The molecule has 4 nitrogen and oxygen atoms in total. The lowest BCUT2D eigenvalue weighted by atomic mass is 10.1. The predicted molar refractivity (Wildman–Crippen MR) is 80.5 cm³/mol. The van der Waals surface area contributed by atoms with Gasteiger partial charge in [-0.1, -0.05) is 13.0 Å². The Morgan fingerprint density at radius 1 is 1.32 bits per heavy atom.